The molecule has 0 bridgehead atoms. The number of pyridine rings is 1. The van der Waals surface area contributed by atoms with Crippen LogP contribution in [0.5, 0.6) is 5.75 Å². The van der Waals surface area contributed by atoms with E-state index in [-0.39, 0.29) is 0 Å². The summed E-state index contributed by atoms with van der Waals surface area (Å²) in [5.41, 5.74) is 0.562. The molecule has 0 atom stereocenters. The number of nitrogens with zero attached hydrogens (tertiary/aromatic N) is 2. The van der Waals surface area contributed by atoms with Gasteiger partial charge in [0.2, 0.25) is 0 Å². The van der Waals surface area contributed by atoms with Crippen LogP contribution in [0, 0.1) is 5.92 Å². The maximum atomic E-state index is 12.1. The van der Waals surface area contributed by atoms with Gasteiger partial charge < -0.3 is 20.3 Å². The van der Waals surface area contributed by atoms with Crippen LogP contribution in [-0.4, -0.2) is 43.0 Å². The molecule has 1 saturated heterocycles. The van der Waals surface area contributed by atoms with E-state index in [9.17, 15) is 9.59 Å². The Balaban J connectivity index is 1.40. The van der Waals surface area contributed by atoms with Gasteiger partial charge >= 0.3 is 11.8 Å². The number of carbonyl (C=O) groups is 2. The zero-order valence-electron chi connectivity index (χ0n) is 16.1. The molecule has 0 aliphatic carbocycles. The van der Waals surface area contributed by atoms with E-state index in [1.165, 1.54) is 0 Å². The van der Waals surface area contributed by atoms with Gasteiger partial charge in [-0.2, -0.15) is 0 Å². The average Bonchev–Trinajstić information content (AvgIpc) is 2.74. The fourth-order valence-electron chi connectivity index (χ4n) is 3.21. The molecule has 28 heavy (non-hydrogen) atoms. The summed E-state index contributed by atoms with van der Waals surface area (Å²) in [6.45, 7) is 4.79. The van der Waals surface area contributed by atoms with Crippen LogP contribution in [0.3, 0.4) is 0 Å². The van der Waals surface area contributed by atoms with E-state index in [4.69, 9.17) is 4.74 Å². The third-order valence-electron chi connectivity index (χ3n) is 4.77. The van der Waals surface area contributed by atoms with Gasteiger partial charge in [0.25, 0.3) is 0 Å². The molecular formula is C21H26N4O3. The van der Waals surface area contributed by atoms with Crippen LogP contribution in [0.15, 0.2) is 48.7 Å². The monoisotopic (exact) mass is 382 g/mol. The summed E-state index contributed by atoms with van der Waals surface area (Å²) in [6.07, 6.45) is 3.71. The molecule has 2 aromatic rings. The third kappa shape index (κ3) is 5.45. The molecule has 7 heteroatoms. The fourth-order valence-corrected chi connectivity index (χ4v) is 3.21. The molecule has 1 aromatic carbocycles. The SMILES string of the molecule is CCOc1ccc(NC(=O)C(=O)NCC2CCN(c3ccccn3)CC2)cc1. The lowest BCUT2D eigenvalue weighted by Gasteiger charge is -2.32. The molecule has 0 saturated carbocycles. The molecule has 1 fully saturated rings. The molecule has 2 N–H and O–H groups in total. The lowest BCUT2D eigenvalue weighted by Crippen LogP contribution is -2.42. The average molecular weight is 382 g/mol. The normalized spacial score (nSPS) is 14.4. The summed E-state index contributed by atoms with van der Waals surface area (Å²) in [5.74, 6) is 0.806. The molecular weight excluding hydrogens is 356 g/mol. The van der Waals surface area contributed by atoms with Crippen LogP contribution in [-0.2, 0) is 9.59 Å². The predicted octanol–water partition coefficient (Wildman–Crippen LogP) is 2.45. The second-order valence-electron chi connectivity index (χ2n) is 6.74. The number of piperidine rings is 1. The Labute approximate surface area is 165 Å². The maximum Gasteiger partial charge on any atom is 0.313 e. The number of nitrogens with one attached hydrogen (secondary N) is 2. The highest BCUT2D eigenvalue weighted by Gasteiger charge is 2.22. The molecule has 2 amide bonds. The van der Waals surface area contributed by atoms with Crippen molar-refractivity contribution in [2.75, 3.05) is 36.5 Å². The molecule has 0 spiro atoms. The van der Waals surface area contributed by atoms with Crippen molar-refractivity contribution >= 4 is 23.3 Å². The van der Waals surface area contributed by atoms with Crippen molar-refractivity contribution < 1.29 is 14.3 Å². The zero-order valence-corrected chi connectivity index (χ0v) is 16.1. The zero-order chi connectivity index (χ0) is 19.8. The first-order valence-corrected chi connectivity index (χ1v) is 9.63. The van der Waals surface area contributed by atoms with E-state index in [1.54, 1.807) is 30.5 Å². The van der Waals surface area contributed by atoms with Crippen LogP contribution >= 0.6 is 0 Å². The standard InChI is InChI=1S/C21H26N4O3/c1-2-28-18-8-6-17(7-9-18)24-21(27)20(26)23-15-16-10-13-25(14-11-16)19-5-3-4-12-22-19/h3-9,12,16H,2,10-11,13-15H2,1H3,(H,23,26)(H,24,27). The first-order valence-electron chi connectivity index (χ1n) is 9.63. The van der Waals surface area contributed by atoms with E-state index >= 15 is 0 Å². The summed E-state index contributed by atoms with van der Waals surface area (Å²) < 4.78 is 5.36. The number of benzene rings is 1. The first-order chi connectivity index (χ1) is 13.7. The summed E-state index contributed by atoms with van der Waals surface area (Å²) in [5, 5.41) is 5.35. The Morgan fingerprint density at radius 2 is 1.86 bits per heavy atom. The van der Waals surface area contributed by atoms with Crippen molar-refractivity contribution in [3.8, 4) is 5.75 Å². The highest BCUT2D eigenvalue weighted by atomic mass is 16.5. The topological polar surface area (TPSA) is 83.6 Å². The van der Waals surface area contributed by atoms with E-state index in [0.29, 0.717) is 24.8 Å². The number of rotatable bonds is 6. The molecule has 1 aliphatic rings. The van der Waals surface area contributed by atoms with Crippen molar-refractivity contribution in [3.05, 3.63) is 48.7 Å². The van der Waals surface area contributed by atoms with Gasteiger partial charge in [-0.25, -0.2) is 4.98 Å². The van der Waals surface area contributed by atoms with Gasteiger partial charge in [-0.15, -0.1) is 0 Å². The second kappa shape index (κ2) is 9.73. The highest BCUT2D eigenvalue weighted by molar-refractivity contribution is 6.39. The minimum Gasteiger partial charge on any atom is -0.494 e. The van der Waals surface area contributed by atoms with E-state index in [1.807, 2.05) is 25.1 Å². The summed E-state index contributed by atoms with van der Waals surface area (Å²) in [7, 11) is 0. The Morgan fingerprint density at radius 3 is 2.50 bits per heavy atom. The van der Waals surface area contributed by atoms with Crippen LogP contribution in [0.1, 0.15) is 19.8 Å². The molecule has 1 aliphatic heterocycles. The molecule has 0 unspecified atom stereocenters. The number of hydrogen-bond acceptors (Lipinski definition) is 5. The van der Waals surface area contributed by atoms with E-state index < -0.39 is 11.8 Å². The van der Waals surface area contributed by atoms with Gasteiger partial charge in [-0.1, -0.05) is 6.07 Å². The third-order valence-corrected chi connectivity index (χ3v) is 4.77. The van der Waals surface area contributed by atoms with Gasteiger partial charge in [0.15, 0.2) is 0 Å². The van der Waals surface area contributed by atoms with Crippen molar-refractivity contribution in [2.45, 2.75) is 19.8 Å². The number of anilines is 2. The number of carbonyl (C=O) groups excluding carboxylic acids is 2. The lowest BCUT2D eigenvalue weighted by atomic mass is 9.97. The summed E-state index contributed by atoms with van der Waals surface area (Å²) in [6, 6.07) is 12.8. The van der Waals surface area contributed by atoms with Crippen LogP contribution in [0.4, 0.5) is 11.5 Å². The number of ether oxygens (including phenoxy) is 1. The van der Waals surface area contributed by atoms with Gasteiger partial charge in [0.05, 0.1) is 6.61 Å². The number of amides is 2. The van der Waals surface area contributed by atoms with E-state index in [2.05, 4.69) is 20.5 Å². The molecule has 2 heterocycles. The van der Waals surface area contributed by atoms with Gasteiger partial charge in [-0.05, 0) is 62.1 Å². The minimum absolute atomic E-state index is 0.363. The smallest absolute Gasteiger partial charge is 0.313 e. The highest BCUT2D eigenvalue weighted by Crippen LogP contribution is 2.21. The van der Waals surface area contributed by atoms with Crippen molar-refractivity contribution in [3.63, 3.8) is 0 Å². The Kier molecular flexibility index (Phi) is 6.84. The van der Waals surface area contributed by atoms with E-state index in [0.717, 1.165) is 37.5 Å². The molecule has 0 radical (unpaired) electrons. The van der Waals surface area contributed by atoms with Crippen molar-refractivity contribution in [1.29, 1.82) is 0 Å². The summed E-state index contributed by atoms with van der Waals surface area (Å²) in [4.78, 5) is 30.8. The molecule has 7 nitrogen and oxygen atoms in total. The Hall–Kier alpha value is -3.09. The minimum atomic E-state index is -0.657. The van der Waals surface area contributed by atoms with Crippen LogP contribution in [0.2, 0.25) is 0 Å². The molecule has 148 valence electrons. The molecule has 1 aromatic heterocycles. The number of aromatic nitrogens is 1. The largest absolute Gasteiger partial charge is 0.494 e. The first kappa shape index (κ1) is 19.7. The Bertz CT molecular complexity index is 772. The quantitative estimate of drug-likeness (QED) is 0.750. The van der Waals surface area contributed by atoms with Gasteiger partial charge in [-0.3, -0.25) is 9.59 Å². The number of hydrogen-bond donors (Lipinski definition) is 2. The van der Waals surface area contributed by atoms with Gasteiger partial charge in [0, 0.05) is 31.5 Å². The fraction of sp³-hybridized carbons (Fsp3) is 0.381. The summed E-state index contributed by atoms with van der Waals surface area (Å²) >= 11 is 0. The van der Waals surface area contributed by atoms with Gasteiger partial charge in [0.1, 0.15) is 11.6 Å². The van der Waals surface area contributed by atoms with Crippen LogP contribution in [0.25, 0.3) is 0 Å². The predicted molar refractivity (Wildman–Crippen MR) is 108 cm³/mol. The second-order valence-corrected chi connectivity index (χ2v) is 6.74. The lowest BCUT2D eigenvalue weighted by molar-refractivity contribution is -0.136. The van der Waals surface area contributed by atoms with Crippen molar-refractivity contribution in [2.24, 2.45) is 5.92 Å². The Morgan fingerprint density at radius 1 is 1.11 bits per heavy atom. The van der Waals surface area contributed by atoms with Crippen molar-refractivity contribution in [1.82, 2.24) is 10.3 Å². The maximum absolute atomic E-state index is 12.1. The van der Waals surface area contributed by atoms with Crippen LogP contribution < -0.4 is 20.3 Å². The molecule has 3 rings (SSSR count).